The second kappa shape index (κ2) is 6.99. The molecule has 1 aliphatic heterocycles. The van der Waals surface area contributed by atoms with Gasteiger partial charge in [-0.3, -0.25) is 5.43 Å². The predicted molar refractivity (Wildman–Crippen MR) is 84.2 cm³/mol. The summed E-state index contributed by atoms with van der Waals surface area (Å²) in [5, 5.41) is 1.71. The van der Waals surface area contributed by atoms with Crippen LogP contribution in [-0.4, -0.2) is 62.0 Å². The molecule has 0 spiro atoms. The molecule has 1 fully saturated rings. The van der Waals surface area contributed by atoms with Crippen LogP contribution in [-0.2, 0) is 33.2 Å². The number of aryl methyl sites for hydroxylation is 1. The highest BCUT2D eigenvalue weighted by Gasteiger charge is 2.24. The first-order chi connectivity index (χ1) is 11.4. The number of aromatic nitrogens is 2. The van der Waals surface area contributed by atoms with Gasteiger partial charge in [0.2, 0.25) is 5.88 Å². The van der Waals surface area contributed by atoms with E-state index in [0.29, 0.717) is 32.7 Å². The Morgan fingerprint density at radius 3 is 2.75 bits per heavy atom. The second-order valence-corrected chi connectivity index (χ2v) is 8.03. The Bertz CT molecular complexity index is 731. The Morgan fingerprint density at radius 1 is 1.29 bits per heavy atom. The van der Waals surface area contributed by atoms with E-state index in [1.807, 2.05) is 0 Å². The van der Waals surface area contributed by atoms with Crippen LogP contribution in [0.2, 0.25) is 0 Å². The first-order valence-electron chi connectivity index (χ1n) is 7.78. The summed E-state index contributed by atoms with van der Waals surface area (Å²) >= 11 is 0. The fourth-order valence-corrected chi connectivity index (χ4v) is 3.34. The van der Waals surface area contributed by atoms with Gasteiger partial charge in [0, 0.05) is 24.9 Å². The van der Waals surface area contributed by atoms with E-state index in [9.17, 15) is 13.2 Å². The number of amides is 1. The lowest BCUT2D eigenvalue weighted by molar-refractivity contribution is 0.0151. The number of nitrogens with one attached hydrogen (secondary N) is 1. The molecule has 0 bridgehead atoms. The first-order valence-corrected chi connectivity index (χ1v) is 9.84. The van der Waals surface area contributed by atoms with E-state index in [2.05, 4.69) is 15.4 Å². The average molecular weight is 356 g/mol. The SMILES string of the molecule is CS(=O)(=O)Cc1nc2c(c(OC(=O)NN3CCOCC3)n1)CCC2. The molecule has 2 heterocycles. The largest absolute Gasteiger partial charge is 0.428 e. The number of ether oxygens (including phenoxy) is 2. The number of morpholine rings is 1. The van der Waals surface area contributed by atoms with Crippen molar-refractivity contribution in [3.05, 3.63) is 17.1 Å². The summed E-state index contributed by atoms with van der Waals surface area (Å²) in [6.07, 6.45) is 2.81. The zero-order chi connectivity index (χ0) is 17.2. The summed E-state index contributed by atoms with van der Waals surface area (Å²) in [5.74, 6) is 0.0380. The Labute approximate surface area is 140 Å². The fourth-order valence-electron chi connectivity index (χ4n) is 2.75. The van der Waals surface area contributed by atoms with Crippen LogP contribution in [0.1, 0.15) is 23.5 Å². The quantitative estimate of drug-likeness (QED) is 0.793. The van der Waals surface area contributed by atoms with E-state index in [1.165, 1.54) is 0 Å². The van der Waals surface area contributed by atoms with Crippen LogP contribution < -0.4 is 10.2 Å². The Kier molecular flexibility index (Phi) is 4.97. The van der Waals surface area contributed by atoms with Crippen molar-refractivity contribution in [2.75, 3.05) is 32.6 Å². The molecule has 0 aromatic carbocycles. The van der Waals surface area contributed by atoms with E-state index in [4.69, 9.17) is 9.47 Å². The molecule has 9 nitrogen and oxygen atoms in total. The van der Waals surface area contributed by atoms with Gasteiger partial charge in [0.1, 0.15) is 11.6 Å². The van der Waals surface area contributed by atoms with Gasteiger partial charge in [-0.15, -0.1) is 0 Å². The second-order valence-electron chi connectivity index (χ2n) is 5.89. The lowest BCUT2D eigenvalue weighted by Gasteiger charge is -2.26. The third-order valence-corrected chi connectivity index (χ3v) is 4.57. The van der Waals surface area contributed by atoms with Gasteiger partial charge < -0.3 is 9.47 Å². The van der Waals surface area contributed by atoms with Gasteiger partial charge in [-0.25, -0.2) is 23.2 Å². The number of sulfone groups is 1. The maximum absolute atomic E-state index is 12.1. The number of carbonyl (C=O) groups is 1. The standard InChI is InChI=1S/C14H20N4O5S/c1-24(20,21)9-12-15-11-4-2-3-10(11)13(16-12)23-14(19)17-18-5-7-22-8-6-18/h2-9H2,1H3,(H,17,19). The minimum atomic E-state index is -3.27. The molecule has 0 saturated carbocycles. The summed E-state index contributed by atoms with van der Waals surface area (Å²) in [6, 6.07) is 0. The molecule has 24 heavy (non-hydrogen) atoms. The molecule has 2 aliphatic rings. The summed E-state index contributed by atoms with van der Waals surface area (Å²) in [5.41, 5.74) is 4.18. The lowest BCUT2D eigenvalue weighted by atomic mass is 10.2. The molecule has 1 aliphatic carbocycles. The van der Waals surface area contributed by atoms with Crippen LogP contribution >= 0.6 is 0 Å². The van der Waals surface area contributed by atoms with Crippen LogP contribution in [0.5, 0.6) is 5.88 Å². The number of hydrogen-bond acceptors (Lipinski definition) is 8. The molecule has 0 unspecified atom stereocenters. The minimum absolute atomic E-state index is 0.155. The summed E-state index contributed by atoms with van der Waals surface area (Å²) in [7, 11) is -3.27. The highest BCUT2D eigenvalue weighted by Crippen LogP contribution is 2.28. The van der Waals surface area contributed by atoms with Crippen molar-refractivity contribution in [2.24, 2.45) is 0 Å². The Balaban J connectivity index is 1.75. The fraction of sp³-hybridized carbons (Fsp3) is 0.643. The van der Waals surface area contributed by atoms with Crippen LogP contribution in [0, 0.1) is 0 Å². The van der Waals surface area contributed by atoms with Crippen molar-refractivity contribution < 1.29 is 22.7 Å². The number of hydrazine groups is 1. The maximum atomic E-state index is 12.1. The van der Waals surface area contributed by atoms with Crippen LogP contribution in [0.3, 0.4) is 0 Å². The summed E-state index contributed by atoms with van der Waals surface area (Å²) < 4.78 is 33.5. The highest BCUT2D eigenvalue weighted by molar-refractivity contribution is 7.89. The molecular weight excluding hydrogens is 336 g/mol. The zero-order valence-corrected chi connectivity index (χ0v) is 14.3. The van der Waals surface area contributed by atoms with Crippen molar-refractivity contribution >= 4 is 15.9 Å². The van der Waals surface area contributed by atoms with Gasteiger partial charge in [-0.1, -0.05) is 0 Å². The molecule has 1 aromatic heterocycles. The van der Waals surface area contributed by atoms with Gasteiger partial charge in [0.25, 0.3) is 0 Å². The smallest absolute Gasteiger partial charge is 0.390 e. The number of hydrogen-bond donors (Lipinski definition) is 1. The molecule has 10 heteroatoms. The lowest BCUT2D eigenvalue weighted by Crippen LogP contribution is -2.49. The molecule has 1 amide bonds. The number of carbonyl (C=O) groups excluding carboxylic acids is 1. The zero-order valence-electron chi connectivity index (χ0n) is 13.4. The monoisotopic (exact) mass is 356 g/mol. The third kappa shape index (κ3) is 4.40. The minimum Gasteiger partial charge on any atom is -0.390 e. The molecule has 1 saturated heterocycles. The van der Waals surface area contributed by atoms with Crippen molar-refractivity contribution in [1.29, 1.82) is 0 Å². The van der Waals surface area contributed by atoms with Crippen LogP contribution in [0.15, 0.2) is 0 Å². The highest BCUT2D eigenvalue weighted by atomic mass is 32.2. The molecule has 0 radical (unpaired) electrons. The molecule has 1 aromatic rings. The average Bonchev–Trinajstić information content (AvgIpc) is 2.95. The van der Waals surface area contributed by atoms with Crippen LogP contribution in [0.25, 0.3) is 0 Å². The number of fused-ring (bicyclic) bond motifs is 1. The van der Waals surface area contributed by atoms with Gasteiger partial charge in [-0.05, 0) is 19.3 Å². The molecule has 0 atom stereocenters. The third-order valence-electron chi connectivity index (χ3n) is 3.78. The molecule has 3 rings (SSSR count). The van der Waals surface area contributed by atoms with Crippen molar-refractivity contribution in [3.63, 3.8) is 0 Å². The Morgan fingerprint density at radius 2 is 2.04 bits per heavy atom. The molecule has 132 valence electrons. The van der Waals surface area contributed by atoms with Crippen molar-refractivity contribution in [1.82, 2.24) is 20.4 Å². The summed E-state index contributed by atoms with van der Waals surface area (Å²) in [6.45, 7) is 2.25. The molecule has 1 N–H and O–H groups in total. The van der Waals surface area contributed by atoms with Crippen LogP contribution in [0.4, 0.5) is 4.79 Å². The maximum Gasteiger partial charge on any atom is 0.428 e. The van der Waals surface area contributed by atoms with Crippen molar-refractivity contribution in [2.45, 2.75) is 25.0 Å². The normalized spacial score (nSPS) is 18.2. The van der Waals surface area contributed by atoms with E-state index in [1.54, 1.807) is 5.01 Å². The predicted octanol–water partition coefficient (Wildman–Crippen LogP) is -0.154. The number of rotatable bonds is 4. The topological polar surface area (TPSA) is 111 Å². The van der Waals surface area contributed by atoms with Gasteiger partial charge >= 0.3 is 6.09 Å². The van der Waals surface area contributed by atoms with Gasteiger partial charge in [0.15, 0.2) is 9.84 Å². The van der Waals surface area contributed by atoms with Crippen molar-refractivity contribution in [3.8, 4) is 5.88 Å². The van der Waals surface area contributed by atoms with E-state index < -0.39 is 15.9 Å². The Hall–Kier alpha value is -1.78. The first kappa shape index (κ1) is 17.1. The number of nitrogens with zero attached hydrogens (tertiary/aromatic N) is 3. The van der Waals surface area contributed by atoms with E-state index in [-0.39, 0.29) is 17.5 Å². The van der Waals surface area contributed by atoms with Gasteiger partial charge in [0.05, 0.1) is 18.9 Å². The van der Waals surface area contributed by atoms with Gasteiger partial charge in [-0.2, -0.15) is 4.98 Å². The van der Waals surface area contributed by atoms with E-state index >= 15 is 0 Å². The summed E-state index contributed by atoms with van der Waals surface area (Å²) in [4.78, 5) is 20.5. The molecular formula is C14H20N4O5S. The van der Waals surface area contributed by atoms with E-state index in [0.717, 1.165) is 30.4 Å².